The predicted octanol–water partition coefficient (Wildman–Crippen LogP) is 4.98. The van der Waals surface area contributed by atoms with E-state index in [2.05, 4.69) is 42.5 Å². The van der Waals surface area contributed by atoms with E-state index in [4.69, 9.17) is 5.26 Å². The number of benzene rings is 3. The summed E-state index contributed by atoms with van der Waals surface area (Å²) in [4.78, 5) is 28.5. The molecule has 6 rings (SSSR count). The fraction of sp³-hybridized carbons (Fsp3) is 0.138. The van der Waals surface area contributed by atoms with Gasteiger partial charge < -0.3 is 0 Å². The van der Waals surface area contributed by atoms with Crippen LogP contribution >= 0.6 is 0 Å². The first-order valence-electron chi connectivity index (χ1n) is 11.1. The molecule has 0 aromatic heterocycles. The van der Waals surface area contributed by atoms with E-state index in [1.54, 1.807) is 24.3 Å². The Morgan fingerprint density at radius 3 is 1.64 bits per heavy atom. The van der Waals surface area contributed by atoms with Gasteiger partial charge in [-0.1, -0.05) is 72.8 Å². The van der Waals surface area contributed by atoms with Gasteiger partial charge in [0.15, 0.2) is 0 Å². The van der Waals surface area contributed by atoms with Gasteiger partial charge in [0, 0.05) is 11.8 Å². The van der Waals surface area contributed by atoms with Gasteiger partial charge >= 0.3 is 0 Å². The summed E-state index contributed by atoms with van der Waals surface area (Å²) < 4.78 is 0. The molecule has 0 N–H and O–H groups in total. The first kappa shape index (κ1) is 19.5. The smallest absolute Gasteiger partial charge is 0.238 e. The van der Waals surface area contributed by atoms with Crippen molar-refractivity contribution in [1.82, 2.24) is 0 Å². The summed E-state index contributed by atoms with van der Waals surface area (Å²) in [6.45, 7) is 0. The van der Waals surface area contributed by atoms with Crippen LogP contribution in [-0.2, 0) is 9.59 Å². The average Bonchev–Trinajstić information content (AvgIpc) is 3.50. The topological polar surface area (TPSA) is 61.2 Å². The molecule has 2 bridgehead atoms. The summed E-state index contributed by atoms with van der Waals surface area (Å²) in [5, 5.41) is 9.07. The number of amides is 2. The first-order valence-corrected chi connectivity index (χ1v) is 11.1. The summed E-state index contributed by atoms with van der Waals surface area (Å²) in [6.07, 6.45) is 4.22. The number of imide groups is 1. The van der Waals surface area contributed by atoms with E-state index in [0.29, 0.717) is 11.3 Å². The molecule has 3 aliphatic rings. The fourth-order valence-electron chi connectivity index (χ4n) is 5.75. The number of nitriles is 1. The number of hydrogen-bond donors (Lipinski definition) is 0. The van der Waals surface area contributed by atoms with Gasteiger partial charge in [0.05, 0.1) is 29.2 Å². The Bertz CT molecular complexity index is 1290. The number of carbonyl (C=O) groups is 2. The second-order valence-corrected chi connectivity index (χ2v) is 8.72. The van der Waals surface area contributed by atoms with Crippen LogP contribution < -0.4 is 4.90 Å². The molecule has 0 radical (unpaired) electrons. The van der Waals surface area contributed by atoms with Crippen LogP contribution in [-0.4, -0.2) is 11.8 Å². The highest BCUT2D eigenvalue weighted by Gasteiger charge is 2.62. The van der Waals surface area contributed by atoms with E-state index < -0.39 is 0 Å². The molecular weight excluding hydrogens is 408 g/mol. The third kappa shape index (κ3) is 2.83. The summed E-state index contributed by atoms with van der Waals surface area (Å²) in [7, 11) is 0. The zero-order chi connectivity index (χ0) is 22.5. The van der Waals surface area contributed by atoms with E-state index >= 15 is 0 Å². The van der Waals surface area contributed by atoms with Gasteiger partial charge in [0.2, 0.25) is 11.8 Å². The van der Waals surface area contributed by atoms with Gasteiger partial charge in [-0.3, -0.25) is 9.59 Å². The van der Waals surface area contributed by atoms with Crippen molar-refractivity contribution < 1.29 is 9.59 Å². The number of allylic oxidation sites excluding steroid dienone is 3. The lowest BCUT2D eigenvalue weighted by Crippen LogP contribution is -2.33. The van der Waals surface area contributed by atoms with Crippen molar-refractivity contribution in [2.45, 2.75) is 0 Å². The summed E-state index contributed by atoms with van der Waals surface area (Å²) >= 11 is 0. The van der Waals surface area contributed by atoms with Crippen LogP contribution in [0.3, 0.4) is 0 Å². The summed E-state index contributed by atoms with van der Waals surface area (Å²) in [5.74, 6) is -1.28. The van der Waals surface area contributed by atoms with Crippen molar-refractivity contribution in [2.24, 2.45) is 23.7 Å². The van der Waals surface area contributed by atoms with Crippen LogP contribution in [0.1, 0.15) is 16.7 Å². The molecule has 158 valence electrons. The number of rotatable bonds is 3. The first-order chi connectivity index (χ1) is 16.2. The highest BCUT2D eigenvalue weighted by molar-refractivity contribution is 6.23. The van der Waals surface area contributed by atoms with Crippen molar-refractivity contribution in [3.8, 4) is 6.07 Å². The fourth-order valence-corrected chi connectivity index (χ4v) is 5.75. The maximum Gasteiger partial charge on any atom is 0.238 e. The standard InChI is InChI=1S/C29H20N2O2/c30-17-18-11-13-21(14-12-18)31-28(32)26-22-15-16-23(27(26)29(31)33)25(22)24(19-7-3-1-4-8-19)20-9-5-2-6-10-20/h1-16,22-23,26-27H/t22-,23-,26-,27-/m0/s1. The van der Waals surface area contributed by atoms with Gasteiger partial charge in [0.25, 0.3) is 0 Å². The quantitative estimate of drug-likeness (QED) is 0.437. The van der Waals surface area contributed by atoms with Crippen molar-refractivity contribution in [3.05, 3.63) is 119 Å². The zero-order valence-corrected chi connectivity index (χ0v) is 17.8. The van der Waals surface area contributed by atoms with Gasteiger partial charge in [-0.2, -0.15) is 5.26 Å². The summed E-state index contributed by atoms with van der Waals surface area (Å²) in [6, 6.07) is 29.2. The minimum Gasteiger partial charge on any atom is -0.274 e. The van der Waals surface area contributed by atoms with Crippen LogP contribution in [0, 0.1) is 35.0 Å². The molecular formula is C29H20N2O2. The molecule has 0 spiro atoms. The lowest BCUT2D eigenvalue weighted by atomic mass is 9.85. The molecule has 1 aliphatic heterocycles. The van der Waals surface area contributed by atoms with Crippen molar-refractivity contribution >= 4 is 23.1 Å². The Kier molecular flexibility index (Phi) is 4.38. The lowest BCUT2D eigenvalue weighted by molar-refractivity contribution is -0.122. The Morgan fingerprint density at radius 1 is 0.697 bits per heavy atom. The molecule has 1 heterocycles. The van der Waals surface area contributed by atoms with Crippen LogP contribution in [0.5, 0.6) is 0 Å². The molecule has 1 saturated heterocycles. The van der Waals surface area contributed by atoms with Gasteiger partial charge in [-0.05, 0) is 46.5 Å². The molecule has 2 aliphatic carbocycles. The van der Waals surface area contributed by atoms with Crippen molar-refractivity contribution in [1.29, 1.82) is 5.26 Å². The van der Waals surface area contributed by atoms with Crippen molar-refractivity contribution in [2.75, 3.05) is 4.90 Å². The van der Waals surface area contributed by atoms with E-state index in [1.165, 1.54) is 10.5 Å². The number of anilines is 1. The van der Waals surface area contributed by atoms with Crippen LogP contribution in [0.2, 0.25) is 0 Å². The minimum atomic E-state index is -0.388. The Hall–Kier alpha value is -4.23. The lowest BCUT2D eigenvalue weighted by Gasteiger charge is -2.21. The number of hydrogen-bond acceptors (Lipinski definition) is 3. The molecule has 4 nitrogen and oxygen atoms in total. The molecule has 0 unspecified atom stereocenters. The Morgan fingerprint density at radius 2 is 1.18 bits per heavy atom. The third-order valence-electron chi connectivity index (χ3n) is 7.08. The third-order valence-corrected chi connectivity index (χ3v) is 7.08. The normalized spacial score (nSPS) is 24.8. The molecule has 2 fully saturated rings. The zero-order valence-electron chi connectivity index (χ0n) is 17.8. The molecule has 1 saturated carbocycles. The van der Waals surface area contributed by atoms with Crippen molar-refractivity contribution in [3.63, 3.8) is 0 Å². The molecule has 4 heteroatoms. The van der Waals surface area contributed by atoms with Crippen LogP contribution in [0.15, 0.2) is 103 Å². The van der Waals surface area contributed by atoms with E-state index in [0.717, 1.165) is 16.7 Å². The van der Waals surface area contributed by atoms with E-state index in [1.807, 2.05) is 36.4 Å². The maximum absolute atomic E-state index is 13.6. The van der Waals surface area contributed by atoms with E-state index in [-0.39, 0.29) is 35.5 Å². The molecule has 4 atom stereocenters. The monoisotopic (exact) mass is 428 g/mol. The highest BCUT2D eigenvalue weighted by atomic mass is 16.2. The molecule has 2 amide bonds. The second kappa shape index (κ2) is 7.43. The number of nitrogens with zero attached hydrogens (tertiary/aromatic N) is 2. The molecule has 3 aromatic carbocycles. The van der Waals surface area contributed by atoms with E-state index in [9.17, 15) is 9.59 Å². The van der Waals surface area contributed by atoms with Crippen LogP contribution in [0.4, 0.5) is 5.69 Å². The highest BCUT2D eigenvalue weighted by Crippen LogP contribution is 2.58. The summed E-state index contributed by atoms with van der Waals surface area (Å²) in [5.41, 5.74) is 5.53. The largest absolute Gasteiger partial charge is 0.274 e. The predicted molar refractivity (Wildman–Crippen MR) is 126 cm³/mol. The maximum atomic E-state index is 13.6. The van der Waals surface area contributed by atoms with Crippen LogP contribution in [0.25, 0.3) is 5.57 Å². The minimum absolute atomic E-state index is 0.102. The Balaban J connectivity index is 1.46. The average molecular weight is 428 g/mol. The number of carbonyl (C=O) groups excluding carboxylic acids is 2. The molecule has 3 aromatic rings. The number of fused-ring (bicyclic) bond motifs is 5. The van der Waals surface area contributed by atoms with Gasteiger partial charge in [0.1, 0.15) is 0 Å². The van der Waals surface area contributed by atoms with Gasteiger partial charge in [-0.15, -0.1) is 0 Å². The second-order valence-electron chi connectivity index (χ2n) is 8.72. The molecule has 33 heavy (non-hydrogen) atoms. The SMILES string of the molecule is N#Cc1ccc(N2C(=O)[C@@H]3[C@@H](C2=O)[C@H]2C=C[C@H]3C2=C(c2ccccc2)c2ccccc2)cc1. The van der Waals surface area contributed by atoms with Gasteiger partial charge in [-0.25, -0.2) is 4.90 Å². The Labute approximate surface area is 192 Å².